The topological polar surface area (TPSA) is 51.0 Å². The molecule has 84 valence electrons. The van der Waals surface area contributed by atoms with Gasteiger partial charge in [0.25, 0.3) is 0 Å². The number of aromatic nitrogens is 2. The van der Waals surface area contributed by atoms with Crippen LogP contribution in [0.15, 0.2) is 4.52 Å². The van der Waals surface area contributed by atoms with Gasteiger partial charge in [0.2, 0.25) is 5.89 Å². The van der Waals surface area contributed by atoms with Crippen LogP contribution in [0.25, 0.3) is 0 Å². The molecule has 0 amide bonds. The van der Waals surface area contributed by atoms with Crippen molar-refractivity contribution in [3.63, 3.8) is 0 Å². The molecule has 0 aliphatic heterocycles. The van der Waals surface area contributed by atoms with Crippen molar-refractivity contribution < 1.29 is 4.52 Å². The molecule has 1 aromatic heterocycles. The first-order chi connectivity index (χ1) is 7.33. The molecule has 0 spiro atoms. The van der Waals surface area contributed by atoms with Crippen molar-refractivity contribution in [1.82, 2.24) is 15.5 Å². The van der Waals surface area contributed by atoms with Crippen LogP contribution < -0.4 is 5.32 Å². The molecule has 0 bridgehead atoms. The summed E-state index contributed by atoms with van der Waals surface area (Å²) >= 11 is 0. The number of hydrogen-bond donors (Lipinski definition) is 1. The van der Waals surface area contributed by atoms with E-state index < -0.39 is 0 Å². The number of rotatable bonds is 6. The second-order valence-corrected chi connectivity index (χ2v) is 4.19. The lowest BCUT2D eigenvalue weighted by Crippen LogP contribution is -2.30. The lowest BCUT2D eigenvalue weighted by atomic mass is 10.1. The number of likely N-dealkylation sites (N-methyl/N-ethyl adjacent to an activating group) is 1. The highest BCUT2D eigenvalue weighted by Gasteiger charge is 2.28. The second-order valence-electron chi connectivity index (χ2n) is 4.19. The summed E-state index contributed by atoms with van der Waals surface area (Å²) in [5.74, 6) is 2.28. The van der Waals surface area contributed by atoms with Gasteiger partial charge in [0.15, 0.2) is 5.82 Å². The highest BCUT2D eigenvalue weighted by Crippen LogP contribution is 2.38. The van der Waals surface area contributed by atoms with Crippen LogP contribution in [0, 0.1) is 0 Å². The fourth-order valence-corrected chi connectivity index (χ4v) is 1.72. The molecular formula is C11H19N3O. The third-order valence-electron chi connectivity index (χ3n) is 2.83. The van der Waals surface area contributed by atoms with Crippen LogP contribution in [-0.2, 0) is 6.42 Å². The van der Waals surface area contributed by atoms with Crippen molar-refractivity contribution in [2.45, 2.75) is 51.5 Å². The molecule has 4 heteroatoms. The Morgan fingerprint density at radius 2 is 2.27 bits per heavy atom. The van der Waals surface area contributed by atoms with Crippen molar-refractivity contribution in [3.05, 3.63) is 11.7 Å². The van der Waals surface area contributed by atoms with Crippen LogP contribution in [0.2, 0.25) is 0 Å². The van der Waals surface area contributed by atoms with E-state index in [2.05, 4.69) is 29.3 Å². The SMILES string of the molecule is CCNC(CC)Cc1nc(C2CC2)no1. The average Bonchev–Trinajstić information content (AvgIpc) is 2.99. The average molecular weight is 209 g/mol. The molecule has 1 aliphatic rings. The standard InChI is InChI=1S/C11H19N3O/c1-3-9(12-4-2)7-10-13-11(14-15-10)8-5-6-8/h8-9,12H,3-7H2,1-2H3. The predicted molar refractivity (Wildman–Crippen MR) is 57.7 cm³/mol. The molecule has 1 fully saturated rings. The molecule has 1 aliphatic carbocycles. The monoisotopic (exact) mass is 209 g/mol. The lowest BCUT2D eigenvalue weighted by Gasteiger charge is -2.12. The zero-order valence-corrected chi connectivity index (χ0v) is 9.49. The van der Waals surface area contributed by atoms with E-state index in [0.717, 1.165) is 31.1 Å². The van der Waals surface area contributed by atoms with E-state index in [1.54, 1.807) is 0 Å². The van der Waals surface area contributed by atoms with Gasteiger partial charge in [-0.1, -0.05) is 19.0 Å². The van der Waals surface area contributed by atoms with Gasteiger partial charge in [0.1, 0.15) is 0 Å². The lowest BCUT2D eigenvalue weighted by molar-refractivity contribution is 0.351. The summed E-state index contributed by atoms with van der Waals surface area (Å²) in [6, 6.07) is 0.461. The molecule has 1 aromatic rings. The molecule has 1 saturated carbocycles. The first kappa shape index (κ1) is 10.6. The Hall–Kier alpha value is -0.900. The molecular weight excluding hydrogens is 190 g/mol. The Balaban J connectivity index is 1.90. The Morgan fingerprint density at radius 1 is 1.47 bits per heavy atom. The van der Waals surface area contributed by atoms with Crippen LogP contribution in [0.3, 0.4) is 0 Å². The van der Waals surface area contributed by atoms with Crippen LogP contribution in [0.4, 0.5) is 0 Å². The molecule has 0 aromatic carbocycles. The minimum absolute atomic E-state index is 0.461. The number of nitrogens with one attached hydrogen (secondary N) is 1. The van der Waals surface area contributed by atoms with E-state index in [0.29, 0.717) is 12.0 Å². The van der Waals surface area contributed by atoms with E-state index in [1.165, 1.54) is 12.8 Å². The summed E-state index contributed by atoms with van der Waals surface area (Å²) in [4.78, 5) is 4.42. The fraction of sp³-hybridized carbons (Fsp3) is 0.818. The van der Waals surface area contributed by atoms with Gasteiger partial charge in [-0.25, -0.2) is 0 Å². The quantitative estimate of drug-likeness (QED) is 0.777. The fourth-order valence-electron chi connectivity index (χ4n) is 1.72. The second kappa shape index (κ2) is 4.75. The van der Waals surface area contributed by atoms with Crippen LogP contribution >= 0.6 is 0 Å². The van der Waals surface area contributed by atoms with Gasteiger partial charge in [-0.15, -0.1) is 0 Å². The van der Waals surface area contributed by atoms with Crippen LogP contribution in [0.5, 0.6) is 0 Å². The molecule has 1 atom stereocenters. The Kier molecular flexibility index (Phi) is 3.36. The molecule has 0 radical (unpaired) electrons. The summed E-state index contributed by atoms with van der Waals surface area (Å²) in [5, 5.41) is 7.42. The Morgan fingerprint density at radius 3 is 2.87 bits per heavy atom. The smallest absolute Gasteiger partial charge is 0.228 e. The highest BCUT2D eigenvalue weighted by atomic mass is 16.5. The van der Waals surface area contributed by atoms with E-state index in [4.69, 9.17) is 4.52 Å². The van der Waals surface area contributed by atoms with E-state index in [9.17, 15) is 0 Å². The van der Waals surface area contributed by atoms with Crippen molar-refractivity contribution in [2.75, 3.05) is 6.54 Å². The van der Waals surface area contributed by atoms with E-state index in [-0.39, 0.29) is 0 Å². The largest absolute Gasteiger partial charge is 0.339 e. The normalized spacial score (nSPS) is 18.0. The zero-order chi connectivity index (χ0) is 10.7. The minimum atomic E-state index is 0.461. The molecule has 1 heterocycles. The van der Waals surface area contributed by atoms with Crippen LogP contribution in [0.1, 0.15) is 50.7 Å². The summed E-state index contributed by atoms with van der Waals surface area (Å²) in [7, 11) is 0. The van der Waals surface area contributed by atoms with E-state index >= 15 is 0 Å². The van der Waals surface area contributed by atoms with Crippen molar-refractivity contribution in [3.8, 4) is 0 Å². The van der Waals surface area contributed by atoms with Gasteiger partial charge < -0.3 is 9.84 Å². The predicted octanol–water partition coefficient (Wildman–Crippen LogP) is 1.88. The van der Waals surface area contributed by atoms with Gasteiger partial charge in [-0.2, -0.15) is 4.98 Å². The van der Waals surface area contributed by atoms with Gasteiger partial charge >= 0.3 is 0 Å². The highest BCUT2D eigenvalue weighted by molar-refractivity contribution is 5.03. The van der Waals surface area contributed by atoms with Gasteiger partial charge in [0.05, 0.1) is 0 Å². The maximum absolute atomic E-state index is 5.24. The Bertz CT molecular complexity index is 307. The summed E-state index contributed by atoms with van der Waals surface area (Å²) in [6.45, 7) is 5.28. The first-order valence-corrected chi connectivity index (χ1v) is 5.89. The maximum Gasteiger partial charge on any atom is 0.228 e. The number of nitrogens with zero attached hydrogens (tertiary/aromatic N) is 2. The first-order valence-electron chi connectivity index (χ1n) is 5.89. The van der Waals surface area contributed by atoms with Crippen molar-refractivity contribution in [1.29, 1.82) is 0 Å². The summed E-state index contributed by atoms with van der Waals surface area (Å²) < 4.78 is 5.24. The van der Waals surface area contributed by atoms with Gasteiger partial charge in [-0.3, -0.25) is 0 Å². The van der Waals surface area contributed by atoms with Crippen LogP contribution in [-0.4, -0.2) is 22.7 Å². The van der Waals surface area contributed by atoms with Crippen molar-refractivity contribution >= 4 is 0 Å². The third kappa shape index (κ3) is 2.78. The summed E-state index contributed by atoms with van der Waals surface area (Å²) in [5.41, 5.74) is 0. The van der Waals surface area contributed by atoms with Gasteiger partial charge in [0, 0.05) is 18.4 Å². The third-order valence-corrected chi connectivity index (χ3v) is 2.83. The molecule has 2 rings (SSSR count). The number of hydrogen-bond acceptors (Lipinski definition) is 4. The molecule has 1 N–H and O–H groups in total. The zero-order valence-electron chi connectivity index (χ0n) is 9.49. The van der Waals surface area contributed by atoms with Crippen molar-refractivity contribution in [2.24, 2.45) is 0 Å². The molecule has 15 heavy (non-hydrogen) atoms. The summed E-state index contributed by atoms with van der Waals surface area (Å²) in [6.07, 6.45) is 4.39. The maximum atomic E-state index is 5.24. The molecule has 0 saturated heterocycles. The molecule has 4 nitrogen and oxygen atoms in total. The minimum Gasteiger partial charge on any atom is -0.339 e. The van der Waals surface area contributed by atoms with E-state index in [1.807, 2.05) is 0 Å². The van der Waals surface area contributed by atoms with Gasteiger partial charge in [-0.05, 0) is 25.8 Å². The Labute approximate surface area is 90.4 Å². The molecule has 1 unspecified atom stereocenters.